The Morgan fingerprint density at radius 2 is 2.00 bits per heavy atom. The molecule has 2 heterocycles. The average molecular weight is 377 g/mol. The van der Waals surface area contributed by atoms with Gasteiger partial charge in [-0.05, 0) is 62.6 Å². The number of carbonyl (C=O) groups is 1. The Morgan fingerprint density at radius 3 is 2.68 bits per heavy atom. The van der Waals surface area contributed by atoms with Crippen molar-refractivity contribution in [3.63, 3.8) is 0 Å². The van der Waals surface area contributed by atoms with Gasteiger partial charge in [0.2, 0.25) is 0 Å². The van der Waals surface area contributed by atoms with E-state index in [4.69, 9.17) is 4.42 Å². The number of nitrogens with zero attached hydrogens (tertiary/aromatic N) is 3. The lowest BCUT2D eigenvalue weighted by molar-refractivity contribution is 0.0649. The molecule has 4 rings (SSSR count). The zero-order chi connectivity index (χ0) is 19.5. The lowest BCUT2D eigenvalue weighted by Crippen LogP contribution is -2.38. The van der Waals surface area contributed by atoms with Gasteiger partial charge < -0.3 is 9.32 Å². The molecule has 1 amide bonds. The Labute approximate surface area is 166 Å². The summed E-state index contributed by atoms with van der Waals surface area (Å²) in [6, 6.07) is 14.1. The van der Waals surface area contributed by atoms with Gasteiger partial charge in [0, 0.05) is 17.3 Å². The van der Waals surface area contributed by atoms with Crippen LogP contribution in [0.4, 0.5) is 0 Å². The second-order valence-corrected chi connectivity index (χ2v) is 7.74. The maximum atomic E-state index is 13.4. The van der Waals surface area contributed by atoms with Crippen LogP contribution in [0.5, 0.6) is 0 Å². The van der Waals surface area contributed by atoms with Crippen molar-refractivity contribution >= 4 is 5.91 Å². The van der Waals surface area contributed by atoms with Crippen molar-refractivity contribution < 1.29 is 9.21 Å². The molecular weight excluding hydrogens is 350 g/mol. The molecule has 1 aliphatic carbocycles. The molecule has 1 aliphatic rings. The van der Waals surface area contributed by atoms with Crippen molar-refractivity contribution in [2.45, 2.75) is 58.7 Å². The summed E-state index contributed by atoms with van der Waals surface area (Å²) in [5.74, 6) is 0.914. The fourth-order valence-electron chi connectivity index (χ4n) is 4.13. The van der Waals surface area contributed by atoms with Gasteiger partial charge in [0.05, 0.1) is 25.0 Å². The summed E-state index contributed by atoms with van der Waals surface area (Å²) in [5, 5.41) is 4.54. The second-order valence-electron chi connectivity index (χ2n) is 7.74. The summed E-state index contributed by atoms with van der Waals surface area (Å²) < 4.78 is 7.50. The molecule has 0 spiro atoms. The van der Waals surface area contributed by atoms with Crippen LogP contribution in [0.15, 0.2) is 53.1 Å². The maximum Gasteiger partial charge on any atom is 0.254 e. The first-order valence-corrected chi connectivity index (χ1v) is 10.0. The number of rotatable bonds is 6. The number of aromatic nitrogens is 2. The zero-order valence-electron chi connectivity index (χ0n) is 16.6. The molecule has 0 aliphatic heterocycles. The van der Waals surface area contributed by atoms with E-state index in [1.54, 1.807) is 6.26 Å². The van der Waals surface area contributed by atoms with E-state index < -0.39 is 0 Å². The van der Waals surface area contributed by atoms with Gasteiger partial charge in [-0.2, -0.15) is 5.10 Å². The van der Waals surface area contributed by atoms with Crippen LogP contribution in [0, 0.1) is 13.8 Å². The van der Waals surface area contributed by atoms with E-state index >= 15 is 0 Å². The van der Waals surface area contributed by atoms with Crippen LogP contribution in [0.1, 0.15) is 58.8 Å². The Kier molecular flexibility index (Phi) is 5.33. The minimum atomic E-state index is 0.0820. The molecule has 0 atom stereocenters. The number of aryl methyl sites for hydroxylation is 2. The van der Waals surface area contributed by atoms with Crippen LogP contribution in [0.2, 0.25) is 0 Å². The molecule has 1 saturated carbocycles. The van der Waals surface area contributed by atoms with Gasteiger partial charge in [0.25, 0.3) is 5.91 Å². The molecule has 0 N–H and O–H groups in total. The Morgan fingerprint density at radius 1 is 1.18 bits per heavy atom. The zero-order valence-corrected chi connectivity index (χ0v) is 16.6. The Bertz CT molecular complexity index is 937. The normalized spacial score (nSPS) is 14.5. The summed E-state index contributed by atoms with van der Waals surface area (Å²) in [6.45, 7) is 5.25. The van der Waals surface area contributed by atoms with Crippen molar-refractivity contribution in [2.75, 3.05) is 0 Å². The molecule has 2 aromatic heterocycles. The molecule has 0 bridgehead atoms. The Balaban J connectivity index is 1.57. The molecule has 0 unspecified atom stereocenters. The first kappa shape index (κ1) is 18.5. The van der Waals surface area contributed by atoms with Crippen LogP contribution in [0.25, 0.3) is 0 Å². The van der Waals surface area contributed by atoms with E-state index in [0.717, 1.165) is 41.1 Å². The minimum absolute atomic E-state index is 0.0820. The molecule has 5 nitrogen and oxygen atoms in total. The van der Waals surface area contributed by atoms with E-state index in [2.05, 4.69) is 24.2 Å². The van der Waals surface area contributed by atoms with E-state index in [1.165, 1.54) is 12.8 Å². The monoisotopic (exact) mass is 377 g/mol. The van der Waals surface area contributed by atoms with Crippen LogP contribution < -0.4 is 0 Å². The highest BCUT2D eigenvalue weighted by Crippen LogP contribution is 2.27. The Hall–Kier alpha value is -2.82. The lowest BCUT2D eigenvalue weighted by Gasteiger charge is -2.28. The minimum Gasteiger partial charge on any atom is -0.467 e. The SMILES string of the molecule is Cc1cc(C)n(Cc2cccc(C(=O)N(Cc3ccco3)C3CCCC3)c2)n1. The summed E-state index contributed by atoms with van der Waals surface area (Å²) in [6.07, 6.45) is 6.17. The van der Waals surface area contributed by atoms with Crippen molar-refractivity contribution in [3.05, 3.63) is 77.0 Å². The van der Waals surface area contributed by atoms with Crippen molar-refractivity contribution in [2.24, 2.45) is 0 Å². The van der Waals surface area contributed by atoms with Gasteiger partial charge in [-0.15, -0.1) is 0 Å². The number of carbonyl (C=O) groups excluding carboxylic acids is 1. The number of amides is 1. The molecular formula is C23H27N3O2. The molecule has 0 saturated heterocycles. The van der Waals surface area contributed by atoms with E-state index in [9.17, 15) is 4.79 Å². The topological polar surface area (TPSA) is 51.3 Å². The summed E-state index contributed by atoms with van der Waals surface area (Å²) in [4.78, 5) is 15.4. The van der Waals surface area contributed by atoms with Gasteiger partial charge in [-0.3, -0.25) is 9.48 Å². The fraction of sp³-hybridized carbons (Fsp3) is 0.391. The van der Waals surface area contributed by atoms with Gasteiger partial charge in [-0.1, -0.05) is 25.0 Å². The molecule has 146 valence electrons. The molecule has 1 fully saturated rings. The highest BCUT2D eigenvalue weighted by atomic mass is 16.3. The number of hydrogen-bond acceptors (Lipinski definition) is 3. The third-order valence-electron chi connectivity index (χ3n) is 5.54. The van der Waals surface area contributed by atoms with Crippen LogP contribution >= 0.6 is 0 Å². The summed E-state index contributed by atoms with van der Waals surface area (Å²) in [7, 11) is 0. The van der Waals surface area contributed by atoms with Crippen LogP contribution in [-0.4, -0.2) is 26.6 Å². The predicted octanol–water partition coefficient (Wildman–Crippen LogP) is 4.73. The first-order chi connectivity index (χ1) is 13.6. The van der Waals surface area contributed by atoms with E-state index in [1.807, 2.05) is 46.8 Å². The number of benzene rings is 1. The molecule has 1 aromatic carbocycles. The summed E-state index contributed by atoms with van der Waals surface area (Å²) >= 11 is 0. The van der Waals surface area contributed by atoms with E-state index in [-0.39, 0.29) is 11.9 Å². The third-order valence-corrected chi connectivity index (χ3v) is 5.54. The van der Waals surface area contributed by atoms with Crippen LogP contribution in [-0.2, 0) is 13.1 Å². The molecule has 5 heteroatoms. The van der Waals surface area contributed by atoms with E-state index in [0.29, 0.717) is 13.1 Å². The lowest BCUT2D eigenvalue weighted by atomic mass is 10.1. The smallest absolute Gasteiger partial charge is 0.254 e. The number of hydrogen-bond donors (Lipinski definition) is 0. The van der Waals surface area contributed by atoms with Crippen molar-refractivity contribution in [3.8, 4) is 0 Å². The van der Waals surface area contributed by atoms with Crippen LogP contribution in [0.3, 0.4) is 0 Å². The first-order valence-electron chi connectivity index (χ1n) is 10.0. The standard InChI is InChI=1S/C23H27N3O2/c1-17-13-18(2)26(24-17)15-19-7-5-8-20(14-19)23(27)25(21-9-3-4-10-21)16-22-11-6-12-28-22/h5-8,11-14,21H,3-4,9-10,15-16H2,1-2H3. The molecule has 0 radical (unpaired) electrons. The quantitative estimate of drug-likeness (QED) is 0.624. The highest BCUT2D eigenvalue weighted by molar-refractivity contribution is 5.94. The average Bonchev–Trinajstić information content (AvgIpc) is 3.43. The van der Waals surface area contributed by atoms with Crippen molar-refractivity contribution in [1.29, 1.82) is 0 Å². The third kappa shape index (κ3) is 4.03. The predicted molar refractivity (Wildman–Crippen MR) is 108 cm³/mol. The maximum absolute atomic E-state index is 13.4. The molecule has 3 aromatic rings. The highest BCUT2D eigenvalue weighted by Gasteiger charge is 2.28. The fourth-order valence-corrected chi connectivity index (χ4v) is 4.13. The van der Waals surface area contributed by atoms with Gasteiger partial charge in [-0.25, -0.2) is 0 Å². The van der Waals surface area contributed by atoms with Gasteiger partial charge in [0.15, 0.2) is 0 Å². The second kappa shape index (κ2) is 8.05. The van der Waals surface area contributed by atoms with Crippen molar-refractivity contribution in [1.82, 2.24) is 14.7 Å². The largest absolute Gasteiger partial charge is 0.467 e. The molecule has 28 heavy (non-hydrogen) atoms. The summed E-state index contributed by atoms with van der Waals surface area (Å²) in [5.41, 5.74) is 3.95. The van der Waals surface area contributed by atoms with Gasteiger partial charge in [0.1, 0.15) is 5.76 Å². The number of furan rings is 1. The van der Waals surface area contributed by atoms with Gasteiger partial charge >= 0.3 is 0 Å².